The largest absolute Gasteiger partial charge is 0.492 e. The zero-order chi connectivity index (χ0) is 28.2. The SMILES string of the molecule is COC(=O)CC1(C)COc2cc(O[C@@H]3CCc4c3ccc(C(F)(F)F)c4CN3CCc4nn(C)cc4C3)ccc21. The highest BCUT2D eigenvalue weighted by molar-refractivity contribution is 5.72. The zero-order valence-electron chi connectivity index (χ0n) is 22.8. The quantitative estimate of drug-likeness (QED) is 0.386. The van der Waals surface area contributed by atoms with Crippen molar-refractivity contribution >= 4 is 5.97 Å². The molecule has 2 atom stereocenters. The van der Waals surface area contributed by atoms with Gasteiger partial charge in [0, 0.05) is 61.9 Å². The van der Waals surface area contributed by atoms with Crippen molar-refractivity contribution in [3.63, 3.8) is 0 Å². The van der Waals surface area contributed by atoms with Crippen LogP contribution in [-0.2, 0) is 54.1 Å². The molecule has 1 aromatic heterocycles. The molecule has 3 aliphatic rings. The molecule has 3 heterocycles. The van der Waals surface area contributed by atoms with Gasteiger partial charge in [-0.25, -0.2) is 0 Å². The fourth-order valence-corrected chi connectivity index (χ4v) is 6.39. The average molecular weight is 556 g/mol. The monoisotopic (exact) mass is 555 g/mol. The lowest BCUT2D eigenvalue weighted by Gasteiger charge is -2.28. The second-order valence-corrected chi connectivity index (χ2v) is 11.3. The number of aryl methyl sites for hydroxylation is 1. The Hall–Kier alpha value is -3.53. The summed E-state index contributed by atoms with van der Waals surface area (Å²) in [6.45, 7) is 3.78. The van der Waals surface area contributed by atoms with Gasteiger partial charge in [-0.05, 0) is 41.7 Å². The van der Waals surface area contributed by atoms with Crippen molar-refractivity contribution in [2.45, 2.75) is 63.4 Å². The topological polar surface area (TPSA) is 65.8 Å². The van der Waals surface area contributed by atoms with E-state index >= 15 is 0 Å². The molecular formula is C30H32F3N3O4. The number of ether oxygens (including phenoxy) is 3. The minimum Gasteiger partial charge on any atom is -0.492 e. The molecule has 0 saturated carbocycles. The highest BCUT2D eigenvalue weighted by Crippen LogP contribution is 2.46. The lowest BCUT2D eigenvalue weighted by molar-refractivity contribution is -0.142. The number of halogens is 3. The van der Waals surface area contributed by atoms with Gasteiger partial charge >= 0.3 is 12.1 Å². The standard InChI is InChI=1S/C30H32F3N3O4/c1-29(13-28(37)38-3)17-39-27-12-19(4-7-24(27)29)40-26-9-6-20-21(26)5-8-23(30(31,32)33)22(20)16-36-11-10-25-18(15-36)14-35(2)34-25/h4-5,7-8,12,14,26H,6,9-11,13,15-17H2,1-3H3/t26-,29?/m1/s1. The number of aromatic nitrogens is 2. The van der Waals surface area contributed by atoms with Crippen LogP contribution in [0.4, 0.5) is 13.2 Å². The van der Waals surface area contributed by atoms with Crippen LogP contribution in [0.2, 0.25) is 0 Å². The van der Waals surface area contributed by atoms with Crippen LogP contribution < -0.4 is 9.47 Å². The van der Waals surface area contributed by atoms with Crippen LogP contribution >= 0.6 is 0 Å². The summed E-state index contributed by atoms with van der Waals surface area (Å²) in [4.78, 5) is 14.0. The zero-order valence-corrected chi connectivity index (χ0v) is 22.8. The van der Waals surface area contributed by atoms with Crippen molar-refractivity contribution in [1.29, 1.82) is 0 Å². The molecule has 0 N–H and O–H groups in total. The maximum atomic E-state index is 14.1. The summed E-state index contributed by atoms with van der Waals surface area (Å²) in [6, 6.07) is 8.33. The first-order chi connectivity index (χ1) is 19.0. The van der Waals surface area contributed by atoms with Gasteiger partial charge in [0.15, 0.2) is 0 Å². The van der Waals surface area contributed by atoms with Crippen molar-refractivity contribution in [1.82, 2.24) is 14.7 Å². The third-order valence-electron chi connectivity index (χ3n) is 8.40. The van der Waals surface area contributed by atoms with Gasteiger partial charge in [0.2, 0.25) is 0 Å². The van der Waals surface area contributed by atoms with E-state index < -0.39 is 17.2 Å². The van der Waals surface area contributed by atoms with E-state index in [1.807, 2.05) is 32.3 Å². The summed E-state index contributed by atoms with van der Waals surface area (Å²) in [5.41, 5.74) is 3.82. The number of nitrogens with zero attached hydrogens (tertiary/aromatic N) is 3. The van der Waals surface area contributed by atoms with E-state index in [0.29, 0.717) is 49.6 Å². The van der Waals surface area contributed by atoms with Crippen LogP contribution in [0.1, 0.15) is 64.9 Å². The molecule has 0 radical (unpaired) electrons. The van der Waals surface area contributed by atoms with Crippen molar-refractivity contribution in [2.24, 2.45) is 7.05 Å². The Balaban J connectivity index is 1.25. The lowest BCUT2D eigenvalue weighted by atomic mass is 9.81. The molecule has 6 rings (SSSR count). The third kappa shape index (κ3) is 4.82. The lowest BCUT2D eigenvalue weighted by Crippen LogP contribution is -2.31. The second-order valence-electron chi connectivity index (χ2n) is 11.3. The number of carbonyl (C=O) groups excluding carboxylic acids is 1. The predicted molar refractivity (Wildman–Crippen MR) is 140 cm³/mol. The van der Waals surface area contributed by atoms with E-state index in [4.69, 9.17) is 14.2 Å². The summed E-state index contributed by atoms with van der Waals surface area (Å²) < 4.78 is 61.3. The summed E-state index contributed by atoms with van der Waals surface area (Å²) in [5, 5.41) is 4.47. The van der Waals surface area contributed by atoms with Crippen LogP contribution in [-0.4, -0.2) is 40.9 Å². The average Bonchev–Trinajstić information content (AvgIpc) is 3.58. The van der Waals surface area contributed by atoms with E-state index in [-0.39, 0.29) is 25.0 Å². The maximum Gasteiger partial charge on any atom is 0.416 e. The highest BCUT2D eigenvalue weighted by Gasteiger charge is 2.40. The summed E-state index contributed by atoms with van der Waals surface area (Å²) >= 11 is 0. The van der Waals surface area contributed by atoms with Crippen molar-refractivity contribution in [3.05, 3.63) is 75.6 Å². The Kier molecular flexibility index (Phi) is 6.56. The summed E-state index contributed by atoms with van der Waals surface area (Å²) in [5.74, 6) is 0.928. The normalized spacial score (nSPS) is 21.9. The Labute approximate surface area is 230 Å². The number of fused-ring (bicyclic) bond motifs is 3. The van der Waals surface area contributed by atoms with E-state index in [1.54, 1.807) is 16.8 Å². The van der Waals surface area contributed by atoms with E-state index in [1.165, 1.54) is 13.2 Å². The second kappa shape index (κ2) is 9.83. The molecule has 0 fully saturated rings. The van der Waals surface area contributed by atoms with Gasteiger partial charge in [0.05, 0.1) is 31.4 Å². The fourth-order valence-electron chi connectivity index (χ4n) is 6.39. The van der Waals surface area contributed by atoms with Gasteiger partial charge in [0.25, 0.3) is 0 Å². The Morgan fingerprint density at radius 3 is 2.83 bits per heavy atom. The molecule has 1 unspecified atom stereocenters. The molecule has 0 amide bonds. The molecule has 0 spiro atoms. The molecule has 10 heteroatoms. The van der Waals surface area contributed by atoms with Crippen LogP contribution in [0, 0.1) is 0 Å². The fraction of sp³-hybridized carbons (Fsp3) is 0.467. The molecule has 0 bridgehead atoms. The third-order valence-corrected chi connectivity index (χ3v) is 8.40. The van der Waals surface area contributed by atoms with Crippen LogP contribution in [0.3, 0.4) is 0 Å². The van der Waals surface area contributed by atoms with Crippen molar-refractivity contribution in [3.8, 4) is 11.5 Å². The van der Waals surface area contributed by atoms with E-state index in [9.17, 15) is 18.0 Å². The number of rotatable bonds is 6. The number of benzene rings is 2. The van der Waals surface area contributed by atoms with Gasteiger partial charge in [-0.15, -0.1) is 0 Å². The minimum atomic E-state index is -4.44. The number of methoxy groups -OCH3 is 1. The molecule has 2 aliphatic heterocycles. The molecule has 0 saturated heterocycles. The minimum absolute atomic E-state index is 0.204. The van der Waals surface area contributed by atoms with Gasteiger partial charge in [-0.1, -0.05) is 19.1 Å². The number of hydrogen-bond acceptors (Lipinski definition) is 6. The summed E-state index contributed by atoms with van der Waals surface area (Å²) in [7, 11) is 3.23. The van der Waals surface area contributed by atoms with E-state index in [2.05, 4.69) is 10.00 Å². The number of alkyl halides is 3. The smallest absolute Gasteiger partial charge is 0.416 e. The Morgan fingerprint density at radius 1 is 1.23 bits per heavy atom. The number of esters is 1. The molecule has 3 aromatic rings. The van der Waals surface area contributed by atoms with Gasteiger partial charge < -0.3 is 14.2 Å². The first kappa shape index (κ1) is 26.7. The van der Waals surface area contributed by atoms with Crippen LogP contribution in [0.15, 0.2) is 36.5 Å². The van der Waals surface area contributed by atoms with Crippen molar-refractivity contribution < 1.29 is 32.2 Å². The van der Waals surface area contributed by atoms with Gasteiger partial charge in [-0.3, -0.25) is 14.4 Å². The Bertz CT molecular complexity index is 1470. The predicted octanol–water partition coefficient (Wildman–Crippen LogP) is 5.28. The van der Waals surface area contributed by atoms with Gasteiger partial charge in [-0.2, -0.15) is 18.3 Å². The molecule has 2 aromatic carbocycles. The first-order valence-corrected chi connectivity index (χ1v) is 13.5. The summed E-state index contributed by atoms with van der Waals surface area (Å²) in [6.07, 6.45) is -0.814. The molecule has 7 nitrogen and oxygen atoms in total. The van der Waals surface area contributed by atoms with Gasteiger partial charge in [0.1, 0.15) is 17.6 Å². The van der Waals surface area contributed by atoms with E-state index in [0.717, 1.165) is 34.4 Å². The maximum absolute atomic E-state index is 14.1. The van der Waals surface area contributed by atoms with Crippen molar-refractivity contribution in [2.75, 3.05) is 20.3 Å². The first-order valence-electron chi connectivity index (χ1n) is 13.5. The number of carbonyl (C=O) groups is 1. The number of hydrogen-bond donors (Lipinski definition) is 0. The molecule has 40 heavy (non-hydrogen) atoms. The molecule has 212 valence electrons. The molecular weight excluding hydrogens is 523 g/mol. The van der Waals surface area contributed by atoms with Crippen LogP contribution in [0.5, 0.6) is 11.5 Å². The Morgan fingerprint density at radius 2 is 2.05 bits per heavy atom. The molecule has 1 aliphatic carbocycles. The van der Waals surface area contributed by atoms with Crippen LogP contribution in [0.25, 0.3) is 0 Å². The highest BCUT2D eigenvalue weighted by atomic mass is 19.4.